The molecule has 0 saturated carbocycles. The Morgan fingerprint density at radius 3 is 2.21 bits per heavy atom. The molecule has 0 fully saturated rings. The van der Waals surface area contributed by atoms with Crippen LogP contribution < -0.4 is 10.6 Å². The number of anilines is 1. The predicted octanol–water partition coefficient (Wildman–Crippen LogP) is 2.16. The highest BCUT2D eigenvalue weighted by molar-refractivity contribution is 5.77. The van der Waals surface area contributed by atoms with Crippen molar-refractivity contribution in [2.75, 3.05) is 37.6 Å². The lowest BCUT2D eigenvalue weighted by Crippen LogP contribution is -2.36. The van der Waals surface area contributed by atoms with Gasteiger partial charge >= 0.3 is 0 Å². The van der Waals surface area contributed by atoms with Crippen LogP contribution in [0.5, 0.6) is 0 Å². The van der Waals surface area contributed by atoms with Gasteiger partial charge in [-0.25, -0.2) is 0 Å². The monoisotopic (exact) mass is 262 g/mol. The van der Waals surface area contributed by atoms with E-state index in [1.807, 2.05) is 18.2 Å². The topological polar surface area (TPSA) is 56.4 Å². The Balaban J connectivity index is 2.61. The van der Waals surface area contributed by atoms with E-state index < -0.39 is 0 Å². The molecule has 0 aliphatic rings. The van der Waals surface area contributed by atoms with E-state index in [-0.39, 0.29) is 5.84 Å². The molecule has 0 spiro atoms. The zero-order chi connectivity index (χ0) is 14.1. The lowest BCUT2D eigenvalue weighted by molar-refractivity contribution is 0.309. The van der Waals surface area contributed by atoms with E-state index in [9.17, 15) is 0 Å². The van der Waals surface area contributed by atoms with Crippen molar-refractivity contribution in [1.82, 2.24) is 4.90 Å². The Kier molecular flexibility index (Phi) is 6.97. The molecule has 0 radical (unpaired) electrons. The van der Waals surface area contributed by atoms with Crippen LogP contribution in [0.4, 0.5) is 5.69 Å². The van der Waals surface area contributed by atoms with Crippen LogP contribution in [0.25, 0.3) is 0 Å². The van der Waals surface area contributed by atoms with Gasteiger partial charge in [-0.05, 0) is 25.2 Å². The maximum atomic E-state index is 7.38. The Hall–Kier alpha value is -1.55. The molecule has 1 aromatic rings. The van der Waals surface area contributed by atoms with E-state index in [2.05, 4.69) is 35.8 Å². The molecular formula is C15H26N4. The molecule has 0 atom stereocenters. The fraction of sp³-hybridized carbons (Fsp3) is 0.533. The van der Waals surface area contributed by atoms with Gasteiger partial charge < -0.3 is 15.5 Å². The molecule has 3 N–H and O–H groups in total. The number of benzene rings is 1. The standard InChI is InChI=1S/C15H26N4/c1-3-18(4-2)12-13-19(11-10-15(16)17)14-8-6-5-7-9-14/h5-9H,3-4,10-13H2,1-2H3,(H3,16,17). The third-order valence-corrected chi connectivity index (χ3v) is 3.35. The number of nitrogens with two attached hydrogens (primary N) is 1. The maximum absolute atomic E-state index is 7.38. The Morgan fingerprint density at radius 1 is 1.05 bits per heavy atom. The number of amidine groups is 1. The number of nitrogens with zero attached hydrogens (tertiary/aromatic N) is 2. The fourth-order valence-electron chi connectivity index (χ4n) is 2.07. The van der Waals surface area contributed by atoms with Gasteiger partial charge in [0.1, 0.15) is 0 Å². The van der Waals surface area contributed by atoms with Crippen LogP contribution in [0.1, 0.15) is 20.3 Å². The molecule has 0 unspecified atom stereocenters. The molecule has 4 nitrogen and oxygen atoms in total. The van der Waals surface area contributed by atoms with Crippen molar-refractivity contribution in [3.05, 3.63) is 30.3 Å². The number of nitrogens with one attached hydrogen (secondary N) is 1. The van der Waals surface area contributed by atoms with Crippen molar-refractivity contribution in [2.45, 2.75) is 20.3 Å². The second-order valence-electron chi connectivity index (χ2n) is 4.62. The minimum Gasteiger partial charge on any atom is -0.388 e. The molecule has 1 rings (SSSR count). The van der Waals surface area contributed by atoms with Crippen LogP contribution >= 0.6 is 0 Å². The van der Waals surface area contributed by atoms with Gasteiger partial charge in [0.15, 0.2) is 0 Å². The lowest BCUT2D eigenvalue weighted by atomic mass is 10.2. The summed E-state index contributed by atoms with van der Waals surface area (Å²) < 4.78 is 0. The van der Waals surface area contributed by atoms with Gasteiger partial charge in [-0.2, -0.15) is 0 Å². The molecule has 0 heterocycles. The molecule has 0 aliphatic carbocycles. The minimum absolute atomic E-state index is 0.253. The summed E-state index contributed by atoms with van der Waals surface area (Å²) in [7, 11) is 0. The van der Waals surface area contributed by atoms with E-state index >= 15 is 0 Å². The molecule has 1 aromatic carbocycles. The molecule has 4 heteroatoms. The van der Waals surface area contributed by atoms with Gasteiger partial charge in [0.2, 0.25) is 0 Å². The maximum Gasteiger partial charge on any atom is 0.0923 e. The van der Waals surface area contributed by atoms with Crippen LogP contribution in [-0.4, -0.2) is 43.5 Å². The van der Waals surface area contributed by atoms with Gasteiger partial charge in [-0.15, -0.1) is 0 Å². The average molecular weight is 262 g/mol. The van der Waals surface area contributed by atoms with Gasteiger partial charge in [0.05, 0.1) is 5.84 Å². The summed E-state index contributed by atoms with van der Waals surface area (Å²) in [6.07, 6.45) is 0.618. The second-order valence-corrected chi connectivity index (χ2v) is 4.62. The molecule has 106 valence electrons. The first kappa shape index (κ1) is 15.5. The van der Waals surface area contributed by atoms with Crippen molar-refractivity contribution < 1.29 is 0 Å². The Morgan fingerprint density at radius 2 is 1.68 bits per heavy atom. The lowest BCUT2D eigenvalue weighted by Gasteiger charge is -2.28. The zero-order valence-corrected chi connectivity index (χ0v) is 12.1. The molecule has 0 amide bonds. The average Bonchev–Trinajstić information content (AvgIpc) is 2.43. The third-order valence-electron chi connectivity index (χ3n) is 3.35. The molecule has 0 bridgehead atoms. The van der Waals surface area contributed by atoms with E-state index in [0.717, 1.165) is 32.7 Å². The SMILES string of the molecule is CCN(CC)CCN(CCC(=N)N)c1ccccc1. The van der Waals surface area contributed by atoms with E-state index in [1.54, 1.807) is 0 Å². The number of likely N-dealkylation sites (N-methyl/N-ethyl adjacent to an activating group) is 1. The van der Waals surface area contributed by atoms with Crippen molar-refractivity contribution >= 4 is 11.5 Å². The molecule has 0 aromatic heterocycles. The quantitative estimate of drug-likeness (QED) is 0.529. The van der Waals surface area contributed by atoms with Crippen LogP contribution in [0.3, 0.4) is 0 Å². The highest BCUT2D eigenvalue weighted by Gasteiger charge is 2.08. The normalized spacial score (nSPS) is 10.7. The summed E-state index contributed by atoms with van der Waals surface area (Å²) in [5.74, 6) is 0.253. The number of hydrogen-bond acceptors (Lipinski definition) is 3. The van der Waals surface area contributed by atoms with Gasteiger partial charge in [0.25, 0.3) is 0 Å². The first-order valence-electron chi connectivity index (χ1n) is 7.02. The molecule has 0 saturated heterocycles. The summed E-state index contributed by atoms with van der Waals surface area (Å²) in [6, 6.07) is 10.3. The van der Waals surface area contributed by atoms with E-state index in [1.165, 1.54) is 5.69 Å². The van der Waals surface area contributed by atoms with Crippen LogP contribution in [-0.2, 0) is 0 Å². The third kappa shape index (κ3) is 5.75. The predicted molar refractivity (Wildman–Crippen MR) is 83.0 cm³/mol. The Labute approximate surface area is 116 Å². The highest BCUT2D eigenvalue weighted by atomic mass is 15.2. The fourth-order valence-corrected chi connectivity index (χ4v) is 2.07. The summed E-state index contributed by atoms with van der Waals surface area (Å²) in [4.78, 5) is 4.71. The van der Waals surface area contributed by atoms with E-state index in [0.29, 0.717) is 6.42 Å². The van der Waals surface area contributed by atoms with E-state index in [4.69, 9.17) is 11.1 Å². The second kappa shape index (κ2) is 8.53. The highest BCUT2D eigenvalue weighted by Crippen LogP contribution is 2.13. The minimum atomic E-state index is 0.253. The van der Waals surface area contributed by atoms with Gasteiger partial charge in [0, 0.05) is 31.7 Å². The Bertz CT molecular complexity index is 360. The summed E-state index contributed by atoms with van der Waals surface area (Å²) >= 11 is 0. The molecular weight excluding hydrogens is 236 g/mol. The van der Waals surface area contributed by atoms with Gasteiger partial charge in [-0.3, -0.25) is 5.41 Å². The number of rotatable bonds is 9. The summed E-state index contributed by atoms with van der Waals surface area (Å²) in [6.45, 7) is 9.34. The van der Waals surface area contributed by atoms with Gasteiger partial charge in [-0.1, -0.05) is 32.0 Å². The van der Waals surface area contributed by atoms with Crippen molar-refractivity contribution in [3.8, 4) is 0 Å². The largest absolute Gasteiger partial charge is 0.388 e. The number of para-hydroxylation sites is 1. The summed E-state index contributed by atoms with van der Waals surface area (Å²) in [5, 5.41) is 7.38. The molecule has 0 aliphatic heterocycles. The first-order valence-corrected chi connectivity index (χ1v) is 7.02. The molecule has 19 heavy (non-hydrogen) atoms. The van der Waals surface area contributed by atoms with Crippen LogP contribution in [0.2, 0.25) is 0 Å². The summed E-state index contributed by atoms with van der Waals surface area (Å²) in [5.41, 5.74) is 6.68. The van der Waals surface area contributed by atoms with Crippen molar-refractivity contribution in [3.63, 3.8) is 0 Å². The number of hydrogen-bond donors (Lipinski definition) is 2. The van der Waals surface area contributed by atoms with Crippen molar-refractivity contribution in [2.24, 2.45) is 5.73 Å². The van der Waals surface area contributed by atoms with Crippen LogP contribution in [0.15, 0.2) is 30.3 Å². The zero-order valence-electron chi connectivity index (χ0n) is 12.1. The smallest absolute Gasteiger partial charge is 0.0923 e. The first-order chi connectivity index (χ1) is 9.17. The van der Waals surface area contributed by atoms with Crippen LogP contribution in [0, 0.1) is 5.41 Å². The van der Waals surface area contributed by atoms with Crippen molar-refractivity contribution in [1.29, 1.82) is 5.41 Å².